The number of rotatable bonds is 4. The van der Waals surface area contributed by atoms with Crippen LogP contribution in [-0.4, -0.2) is 81.9 Å². The lowest BCUT2D eigenvalue weighted by Gasteiger charge is -2.37. The fourth-order valence-corrected chi connectivity index (χ4v) is 5.91. The first-order valence-corrected chi connectivity index (χ1v) is 13.2. The van der Waals surface area contributed by atoms with E-state index in [1.807, 2.05) is 23.1 Å². The van der Waals surface area contributed by atoms with Crippen LogP contribution in [0.1, 0.15) is 27.3 Å². The number of amides is 2. The highest BCUT2D eigenvalue weighted by Crippen LogP contribution is 2.37. The summed E-state index contributed by atoms with van der Waals surface area (Å²) in [5.41, 5.74) is 1.75. The van der Waals surface area contributed by atoms with Crippen molar-refractivity contribution >= 4 is 40.5 Å². The molecule has 1 atom stereocenters. The highest BCUT2D eigenvalue weighted by atomic mass is 32.1. The molecule has 1 unspecified atom stereocenters. The van der Waals surface area contributed by atoms with Crippen LogP contribution in [0, 0.1) is 0 Å². The van der Waals surface area contributed by atoms with Gasteiger partial charge in [-0.15, -0.1) is 11.3 Å². The molecule has 9 nitrogen and oxygen atoms in total. The fraction of sp³-hybridized carbons (Fsp3) is 0.400. The molecule has 2 saturated heterocycles. The third kappa shape index (κ3) is 4.60. The molecule has 1 aromatic carbocycles. The van der Waals surface area contributed by atoms with E-state index in [1.54, 1.807) is 21.4 Å². The molecule has 2 fully saturated rings. The molecule has 5 heterocycles. The van der Waals surface area contributed by atoms with Crippen LogP contribution in [0.5, 0.6) is 0 Å². The lowest BCUT2D eigenvalue weighted by atomic mass is 10.1. The maximum Gasteiger partial charge on any atom is 0.419 e. The number of hydrogen-bond acceptors (Lipinski definition) is 8. The van der Waals surface area contributed by atoms with Crippen molar-refractivity contribution in [3.05, 3.63) is 58.3 Å². The van der Waals surface area contributed by atoms with E-state index in [1.165, 1.54) is 11.3 Å². The lowest BCUT2D eigenvalue weighted by Crippen LogP contribution is -2.52. The molecule has 0 N–H and O–H groups in total. The number of benzene rings is 1. The zero-order chi connectivity index (χ0) is 26.4. The van der Waals surface area contributed by atoms with Gasteiger partial charge in [0.1, 0.15) is 0 Å². The minimum Gasteiger partial charge on any atom is -0.334 e. The average Bonchev–Trinajstić information content (AvgIpc) is 3.68. The molecule has 198 valence electrons. The summed E-state index contributed by atoms with van der Waals surface area (Å²) in [5, 5.41) is 2.29. The second-order valence-corrected chi connectivity index (χ2v) is 10.4. The first-order chi connectivity index (χ1) is 18.3. The van der Waals surface area contributed by atoms with Gasteiger partial charge in [0, 0.05) is 87.1 Å². The number of piperazine rings is 1. The van der Waals surface area contributed by atoms with E-state index in [-0.39, 0.29) is 23.8 Å². The van der Waals surface area contributed by atoms with Gasteiger partial charge in [-0.05, 0) is 30.2 Å². The summed E-state index contributed by atoms with van der Waals surface area (Å²) in [5.74, 6) is 0.226. The highest BCUT2D eigenvalue weighted by molar-refractivity contribution is 7.11. The van der Waals surface area contributed by atoms with E-state index in [0.29, 0.717) is 57.1 Å². The number of carbonyl (C=O) groups is 2. The summed E-state index contributed by atoms with van der Waals surface area (Å²) >= 11 is 1.34. The zero-order valence-corrected chi connectivity index (χ0v) is 21.1. The second-order valence-electron chi connectivity index (χ2n) is 9.51. The van der Waals surface area contributed by atoms with E-state index < -0.39 is 11.7 Å². The predicted molar refractivity (Wildman–Crippen MR) is 135 cm³/mol. The van der Waals surface area contributed by atoms with Crippen LogP contribution >= 0.6 is 11.3 Å². The van der Waals surface area contributed by atoms with E-state index in [9.17, 15) is 22.8 Å². The quantitative estimate of drug-likeness (QED) is 0.500. The largest absolute Gasteiger partial charge is 0.419 e. The van der Waals surface area contributed by atoms with Crippen molar-refractivity contribution in [2.45, 2.75) is 25.1 Å². The van der Waals surface area contributed by atoms with Gasteiger partial charge in [-0.2, -0.15) is 13.2 Å². The van der Waals surface area contributed by atoms with Crippen molar-refractivity contribution in [3.63, 3.8) is 0 Å². The van der Waals surface area contributed by atoms with Gasteiger partial charge in [0.15, 0.2) is 5.01 Å². The number of aromatic nitrogens is 3. The molecular formula is C25H24F3N7O2S. The predicted octanol–water partition coefficient (Wildman–Crippen LogP) is 3.21. The van der Waals surface area contributed by atoms with Crippen molar-refractivity contribution in [2.75, 3.05) is 49.1 Å². The van der Waals surface area contributed by atoms with Crippen LogP contribution in [0.3, 0.4) is 0 Å². The van der Waals surface area contributed by atoms with Gasteiger partial charge < -0.3 is 14.7 Å². The maximum absolute atomic E-state index is 13.0. The molecule has 3 aliphatic heterocycles. The Kier molecular flexibility index (Phi) is 6.26. The number of nitrogens with zero attached hydrogens (tertiary/aromatic N) is 7. The molecule has 2 aromatic heterocycles. The number of alkyl halides is 3. The van der Waals surface area contributed by atoms with Gasteiger partial charge in [0.2, 0.25) is 11.9 Å². The summed E-state index contributed by atoms with van der Waals surface area (Å²) in [6.45, 7) is 3.73. The van der Waals surface area contributed by atoms with Crippen LogP contribution < -0.4 is 9.80 Å². The number of fused-ring (bicyclic) bond motifs is 1. The number of carbonyl (C=O) groups excluding carboxylic acids is 2. The normalized spacial score (nSPS) is 20.3. The zero-order valence-electron chi connectivity index (χ0n) is 20.3. The van der Waals surface area contributed by atoms with Crippen LogP contribution in [0.25, 0.3) is 0 Å². The molecule has 0 aliphatic carbocycles. The molecule has 0 bridgehead atoms. The van der Waals surface area contributed by atoms with Crippen LogP contribution in [0.4, 0.5) is 30.5 Å². The van der Waals surface area contributed by atoms with E-state index in [0.717, 1.165) is 29.3 Å². The molecule has 13 heteroatoms. The third-order valence-electron chi connectivity index (χ3n) is 7.32. The van der Waals surface area contributed by atoms with Crippen LogP contribution in [0.2, 0.25) is 0 Å². The van der Waals surface area contributed by atoms with Crippen molar-refractivity contribution in [1.82, 2.24) is 24.8 Å². The van der Waals surface area contributed by atoms with Crippen LogP contribution in [0.15, 0.2) is 42.2 Å². The number of thiazole rings is 1. The molecule has 0 saturated carbocycles. The van der Waals surface area contributed by atoms with Gasteiger partial charge in [-0.1, -0.05) is 0 Å². The number of anilines is 3. The molecule has 2 amide bonds. The van der Waals surface area contributed by atoms with Crippen molar-refractivity contribution < 1.29 is 22.8 Å². The van der Waals surface area contributed by atoms with Crippen LogP contribution in [-0.2, 0) is 17.4 Å². The minimum absolute atomic E-state index is 0.0438. The van der Waals surface area contributed by atoms with Crippen molar-refractivity contribution in [1.29, 1.82) is 0 Å². The summed E-state index contributed by atoms with van der Waals surface area (Å²) in [6.07, 6.45) is -0.162. The first-order valence-electron chi connectivity index (χ1n) is 12.3. The van der Waals surface area contributed by atoms with Gasteiger partial charge in [-0.25, -0.2) is 15.0 Å². The number of halogens is 3. The molecule has 6 rings (SSSR count). The Labute approximate surface area is 220 Å². The minimum atomic E-state index is -4.48. The van der Waals surface area contributed by atoms with Gasteiger partial charge in [0.05, 0.1) is 5.56 Å². The van der Waals surface area contributed by atoms with E-state index in [4.69, 9.17) is 0 Å². The maximum atomic E-state index is 13.0. The molecule has 0 radical (unpaired) electrons. The molecule has 3 aliphatic rings. The third-order valence-corrected chi connectivity index (χ3v) is 8.08. The standard InChI is InChI=1S/C25H24F3N7O2S/c26-25(27,28)17-13-30-24(31-14-17)34-5-3-16-11-18(1-2-20(16)34)35-15-19(12-21(35)36)32-6-8-33(9-7-32)23(37)22-29-4-10-38-22/h1-2,4,10-11,13-14,19H,3,5-9,12,15H2. The molecule has 38 heavy (non-hydrogen) atoms. The summed E-state index contributed by atoms with van der Waals surface area (Å²) < 4.78 is 38.6. The number of hydrogen-bond donors (Lipinski definition) is 0. The second kappa shape index (κ2) is 9.62. The highest BCUT2D eigenvalue weighted by Gasteiger charge is 2.37. The smallest absolute Gasteiger partial charge is 0.334 e. The molecular weight excluding hydrogens is 519 g/mol. The molecule has 3 aromatic rings. The Bertz CT molecular complexity index is 1340. The Balaban J connectivity index is 1.10. The monoisotopic (exact) mass is 543 g/mol. The lowest BCUT2D eigenvalue weighted by molar-refractivity contribution is -0.138. The average molecular weight is 544 g/mol. The molecule has 0 spiro atoms. The first kappa shape index (κ1) is 24.7. The fourth-order valence-electron chi connectivity index (χ4n) is 5.31. The Morgan fingerprint density at radius 2 is 1.76 bits per heavy atom. The summed E-state index contributed by atoms with van der Waals surface area (Å²) in [7, 11) is 0. The van der Waals surface area contributed by atoms with Gasteiger partial charge >= 0.3 is 6.18 Å². The van der Waals surface area contributed by atoms with E-state index >= 15 is 0 Å². The summed E-state index contributed by atoms with van der Waals surface area (Å²) in [4.78, 5) is 45.2. The van der Waals surface area contributed by atoms with Gasteiger partial charge in [0.25, 0.3) is 5.91 Å². The summed E-state index contributed by atoms with van der Waals surface area (Å²) in [6, 6.07) is 5.80. The Morgan fingerprint density at radius 1 is 1.00 bits per heavy atom. The topological polar surface area (TPSA) is 85.8 Å². The van der Waals surface area contributed by atoms with E-state index in [2.05, 4.69) is 19.9 Å². The van der Waals surface area contributed by atoms with Crippen molar-refractivity contribution in [3.8, 4) is 0 Å². The van der Waals surface area contributed by atoms with Crippen molar-refractivity contribution in [2.24, 2.45) is 0 Å². The SMILES string of the molecule is O=C(c1nccs1)N1CCN(C2CC(=O)N(c3ccc4c(c3)CCN4c3ncc(C(F)(F)F)cn3)C2)CC1. The Morgan fingerprint density at radius 3 is 2.45 bits per heavy atom. The Hall–Kier alpha value is -3.58. The van der Waals surface area contributed by atoms with Gasteiger partial charge in [-0.3, -0.25) is 14.5 Å².